The predicted octanol–water partition coefficient (Wildman–Crippen LogP) is 18.3. The molecule has 6 heteroatoms. The topological polar surface area (TPSA) is 35.9 Å². The van der Waals surface area contributed by atoms with Crippen LogP contribution in [0.4, 0.5) is 0 Å². The van der Waals surface area contributed by atoms with Gasteiger partial charge in [-0.05, 0) is 148 Å². The molecule has 0 spiro atoms. The maximum Gasteiger partial charge on any atom is 0.269 e. The molecular weight excluding hydrogens is 1110 g/mol. The van der Waals surface area contributed by atoms with E-state index in [0.717, 1.165) is 56.2 Å². The highest BCUT2D eigenvalue weighted by atomic mass is 28.3. The lowest BCUT2D eigenvalue weighted by Gasteiger charge is -2.37. The second-order valence-corrected chi connectivity index (χ2v) is 28.8. The third-order valence-corrected chi connectivity index (χ3v) is 20.6. The minimum Gasteiger partial charge on any atom is -0.458 e. The van der Waals surface area contributed by atoms with E-state index < -0.39 is 219 Å². The van der Waals surface area contributed by atoms with E-state index in [0.29, 0.717) is 17.1 Å². The van der Waals surface area contributed by atoms with Crippen molar-refractivity contribution in [3.63, 3.8) is 0 Å². The molecule has 14 rings (SSSR count). The van der Waals surface area contributed by atoms with Gasteiger partial charge in [-0.1, -0.05) is 274 Å². The molecular formula is C84H74N4OSi. The van der Waals surface area contributed by atoms with Gasteiger partial charge in [-0.2, -0.15) is 0 Å². The first-order valence-electron chi connectivity index (χ1n) is 41.9. The Morgan fingerprint density at radius 1 is 0.433 bits per heavy atom. The fourth-order valence-electron chi connectivity index (χ4n) is 11.8. The quantitative estimate of drug-likeness (QED) is 0.0529. The third-order valence-electron chi connectivity index (χ3n) is 16.4. The summed E-state index contributed by atoms with van der Waals surface area (Å²) in [4.78, 5) is 4.88. The molecule has 90 heavy (non-hydrogen) atoms. The number of nitrogens with zero attached hydrogens (tertiary/aromatic N) is 4. The van der Waals surface area contributed by atoms with E-state index in [2.05, 4.69) is 97.5 Å². The van der Waals surface area contributed by atoms with Crippen LogP contribution in [0.15, 0.2) is 285 Å². The summed E-state index contributed by atoms with van der Waals surface area (Å²) in [5.74, 6) is 1.29. The molecule has 3 heterocycles. The summed E-state index contributed by atoms with van der Waals surface area (Å²) in [5.41, 5.74) is 2.24. The van der Waals surface area contributed by atoms with Crippen molar-refractivity contribution >= 4 is 61.7 Å². The standard InChI is InChI=1S/C84H74N4OSi/c1-82(2,3)63-46-47-85-80(54-63)88-75-41-26-25-40-72(75)73-44-43-68(56-77(73)88)89-67-33-27-32-66(55-67)86-57-87(76-45-42-60(51-78(76)86)61-48-64(83(4,5)6)53-65(49-61)84(7,8)9)81-74(59-30-17-11-18-31-59)50-62(58-28-15-10-16-29-58)52-79(81)90(69-34-19-12-20-35-69,70-36-21-13-22-37-70)71-38-23-14-24-39-71/h10-56H,1-9H3/i10D,11D,12D,13D,14D,15D,16D,17D,18D,19D,20D,21D,22D,23D,24D,28D,29D,30D,31D,34D,35D,36D,37D,38D,39D. The van der Waals surface area contributed by atoms with Gasteiger partial charge in [0.05, 0.1) is 67.7 Å². The van der Waals surface area contributed by atoms with Crippen molar-refractivity contribution < 1.29 is 43.6 Å². The average molecular weight is 1210 g/mol. The van der Waals surface area contributed by atoms with Crippen molar-refractivity contribution in [3.8, 4) is 62.1 Å². The molecule has 0 radical (unpaired) electrons. The number of ether oxygens (including phenoxy) is 1. The molecule has 0 amide bonds. The van der Waals surface area contributed by atoms with E-state index in [1.54, 1.807) is 47.2 Å². The maximum atomic E-state index is 10.3. The molecule has 14 aromatic rings. The first-order chi connectivity index (χ1) is 53.9. The number of hydrogen-bond acceptors (Lipinski definition) is 2. The number of fused-ring (bicyclic) bond motifs is 4. The number of hydrogen-bond donors (Lipinski definition) is 0. The lowest BCUT2D eigenvalue weighted by molar-refractivity contribution is -0.570. The van der Waals surface area contributed by atoms with Crippen LogP contribution in [0.3, 0.4) is 0 Å². The Bertz CT molecular complexity index is 6200. The zero-order valence-corrected chi connectivity index (χ0v) is 51.9. The maximum absolute atomic E-state index is 10.3. The smallest absolute Gasteiger partial charge is 0.269 e. The van der Waals surface area contributed by atoms with E-state index in [-0.39, 0.29) is 27.9 Å². The summed E-state index contributed by atoms with van der Waals surface area (Å²) >= 11 is 0. The van der Waals surface area contributed by atoms with Gasteiger partial charge in [-0.25, -0.2) is 4.98 Å². The molecule has 0 unspecified atom stereocenters. The molecule has 0 aliphatic carbocycles. The summed E-state index contributed by atoms with van der Waals surface area (Å²) in [6, 6.07) is 11.6. The molecule has 11 aromatic carbocycles. The normalized spacial score (nSPS) is 16.2. The number of rotatable bonds is 12. The van der Waals surface area contributed by atoms with Crippen molar-refractivity contribution in [2.45, 2.75) is 78.6 Å². The van der Waals surface area contributed by atoms with E-state index in [1.165, 1.54) is 4.57 Å². The van der Waals surface area contributed by atoms with Crippen molar-refractivity contribution in [2.75, 3.05) is 0 Å². The fraction of sp³-hybridized carbons (Fsp3) is 0.143. The van der Waals surface area contributed by atoms with Crippen LogP contribution in [0, 0.1) is 6.33 Å². The van der Waals surface area contributed by atoms with Crippen LogP contribution in [0.2, 0.25) is 0 Å². The second kappa shape index (κ2) is 22.8. The molecule has 440 valence electrons. The molecule has 3 aromatic heterocycles. The molecule has 0 saturated carbocycles. The molecule has 0 bridgehead atoms. The van der Waals surface area contributed by atoms with Gasteiger partial charge in [0.25, 0.3) is 6.33 Å². The highest BCUT2D eigenvalue weighted by Gasteiger charge is 2.44. The molecule has 0 aliphatic rings. The van der Waals surface area contributed by atoms with Crippen LogP contribution in [0.25, 0.3) is 83.4 Å². The van der Waals surface area contributed by atoms with Gasteiger partial charge >= 0.3 is 0 Å². The van der Waals surface area contributed by atoms with Crippen LogP contribution in [-0.2, 0) is 16.2 Å². The molecule has 0 aliphatic heterocycles. The summed E-state index contributed by atoms with van der Waals surface area (Å²) < 4.78 is 253. The third kappa shape index (κ3) is 10.5. The van der Waals surface area contributed by atoms with Gasteiger partial charge in [-0.15, -0.1) is 0 Å². The first kappa shape index (κ1) is 35.8. The zero-order chi connectivity index (χ0) is 83.7. The molecule has 0 N–H and O–H groups in total. The highest BCUT2D eigenvalue weighted by molar-refractivity contribution is 7.20. The van der Waals surface area contributed by atoms with Gasteiger partial charge < -0.3 is 4.74 Å². The Kier molecular flexibility index (Phi) is 9.05. The SMILES string of the molecule is [2H]c1c([2H])c([2H])c(-c2cc(-c3c([2H])c([2H])c([2H])c([2H])c3[2H])c(-[n+]3[c-]n(-c4cccc(Oc5ccc6c7ccccc7n(-c7cc(C(C)(C)C)ccn7)c6c5)c4)c4cc(-c5cc(C(C)(C)C)cc(C(C)(C)C)c5)ccc43)c([Si](c3c([2H])c([2H])c([2H])c([2H])c3[2H])(c3c([2H])c([2H])c([2H])c([2H])c3[2H])c3c([2H])c([2H])c([2H])c([2H])c3[2H])c2)c([2H])c1[2H]. The zero-order valence-electron chi connectivity index (χ0n) is 75.9. The van der Waals surface area contributed by atoms with Gasteiger partial charge in [-0.3, -0.25) is 13.7 Å². The Hall–Kier alpha value is -10.1. The van der Waals surface area contributed by atoms with Crippen LogP contribution in [0.5, 0.6) is 11.5 Å². The van der Waals surface area contributed by atoms with Crippen molar-refractivity contribution in [1.29, 1.82) is 0 Å². The van der Waals surface area contributed by atoms with Gasteiger partial charge in [0.15, 0.2) is 8.07 Å². The number of para-hydroxylation sites is 1. The van der Waals surface area contributed by atoms with Crippen LogP contribution in [-0.4, -0.2) is 22.2 Å². The molecule has 0 saturated heterocycles. The van der Waals surface area contributed by atoms with Crippen molar-refractivity contribution in [1.82, 2.24) is 14.1 Å². The Labute approximate surface area is 566 Å². The number of benzene rings is 11. The van der Waals surface area contributed by atoms with E-state index in [1.807, 2.05) is 54.6 Å². The van der Waals surface area contributed by atoms with Gasteiger partial charge in [0.1, 0.15) is 17.3 Å². The Morgan fingerprint density at radius 3 is 1.60 bits per heavy atom. The van der Waals surface area contributed by atoms with Crippen LogP contribution >= 0.6 is 0 Å². The Morgan fingerprint density at radius 2 is 0.989 bits per heavy atom. The summed E-state index contributed by atoms with van der Waals surface area (Å²) in [5, 5.41) is -1.92. The molecule has 0 atom stereocenters. The Balaban J connectivity index is 1.22. The van der Waals surface area contributed by atoms with E-state index >= 15 is 0 Å². The molecule has 5 nitrogen and oxygen atoms in total. The summed E-state index contributed by atoms with van der Waals surface area (Å²) in [7, 11) is -6.59. The summed E-state index contributed by atoms with van der Waals surface area (Å²) in [6.07, 6.45) is 5.25. The van der Waals surface area contributed by atoms with Crippen LogP contribution in [0.1, 0.15) is 113 Å². The van der Waals surface area contributed by atoms with E-state index in [9.17, 15) is 24.7 Å². The molecule has 0 fully saturated rings. The van der Waals surface area contributed by atoms with Crippen molar-refractivity contribution in [2.24, 2.45) is 0 Å². The second-order valence-electron chi connectivity index (χ2n) is 25.2. The lowest BCUT2D eigenvalue weighted by Crippen LogP contribution is -2.76. The van der Waals surface area contributed by atoms with Gasteiger partial charge in [0, 0.05) is 23.0 Å². The van der Waals surface area contributed by atoms with Crippen LogP contribution < -0.4 is 30.1 Å². The number of pyridine rings is 1. The highest BCUT2D eigenvalue weighted by Crippen LogP contribution is 2.40. The van der Waals surface area contributed by atoms with E-state index in [4.69, 9.17) is 19.3 Å². The van der Waals surface area contributed by atoms with Crippen molar-refractivity contribution in [3.05, 3.63) is 308 Å². The minimum absolute atomic E-state index is 0.0389. The number of imidazole rings is 1. The predicted molar refractivity (Wildman–Crippen MR) is 378 cm³/mol. The monoisotopic (exact) mass is 1210 g/mol. The summed E-state index contributed by atoms with van der Waals surface area (Å²) in [6.45, 7) is 18.8. The average Bonchev–Trinajstić information content (AvgIpc) is 1.24. The minimum atomic E-state index is -6.59. The number of aromatic nitrogens is 4. The fourth-order valence-corrected chi connectivity index (χ4v) is 15.8. The lowest BCUT2D eigenvalue weighted by atomic mass is 9.79. The van der Waals surface area contributed by atoms with Gasteiger partial charge in [0.2, 0.25) is 0 Å². The first-order valence-corrected chi connectivity index (χ1v) is 31.4. The largest absolute Gasteiger partial charge is 0.458 e.